The van der Waals surface area contributed by atoms with Crippen molar-refractivity contribution in [2.24, 2.45) is 17.6 Å². The molecule has 2 fully saturated rings. The number of nitrogens with zero attached hydrogens (tertiary/aromatic N) is 1. The Balaban J connectivity index is 1.86. The lowest BCUT2D eigenvalue weighted by Gasteiger charge is -2.43. The maximum absolute atomic E-state index is 5.64. The topological polar surface area (TPSA) is 29.3 Å². The van der Waals surface area contributed by atoms with E-state index < -0.39 is 0 Å². The molecule has 2 aliphatic rings. The van der Waals surface area contributed by atoms with Crippen molar-refractivity contribution in [3.05, 3.63) is 0 Å². The number of fused-ring (bicyclic) bond motifs is 1. The van der Waals surface area contributed by atoms with E-state index in [2.05, 4.69) is 11.8 Å². The molecule has 0 amide bonds. The van der Waals surface area contributed by atoms with Gasteiger partial charge in [0, 0.05) is 19.0 Å². The smallest absolute Gasteiger partial charge is 0.0742 e. The van der Waals surface area contributed by atoms with E-state index in [0.29, 0.717) is 11.0 Å². The van der Waals surface area contributed by atoms with E-state index in [1.165, 1.54) is 45.2 Å². The molecule has 16 heavy (non-hydrogen) atoms. The number of thiocarbonyl (C=S) groups is 1. The van der Waals surface area contributed by atoms with Gasteiger partial charge in [0.1, 0.15) is 0 Å². The summed E-state index contributed by atoms with van der Waals surface area (Å²) in [6, 6.07) is 0.542. The Kier molecular flexibility index (Phi) is 4.20. The summed E-state index contributed by atoms with van der Waals surface area (Å²) in [7, 11) is 0. The van der Waals surface area contributed by atoms with Crippen LogP contribution in [0.3, 0.4) is 0 Å². The van der Waals surface area contributed by atoms with Crippen molar-refractivity contribution in [3.63, 3.8) is 0 Å². The summed E-state index contributed by atoms with van der Waals surface area (Å²) < 4.78 is 0. The minimum absolute atomic E-state index is 0.542. The molecule has 0 bridgehead atoms. The molecule has 1 aliphatic carbocycles. The van der Waals surface area contributed by atoms with Crippen LogP contribution in [0.4, 0.5) is 0 Å². The molecule has 0 spiro atoms. The van der Waals surface area contributed by atoms with Gasteiger partial charge in [-0.25, -0.2) is 0 Å². The lowest BCUT2D eigenvalue weighted by atomic mass is 9.75. The van der Waals surface area contributed by atoms with Crippen LogP contribution in [0.2, 0.25) is 0 Å². The zero-order chi connectivity index (χ0) is 11.5. The second-order valence-electron chi connectivity index (χ2n) is 5.61. The van der Waals surface area contributed by atoms with Gasteiger partial charge in [0.15, 0.2) is 0 Å². The molecular formula is C13H24N2S. The molecule has 0 aromatic heterocycles. The van der Waals surface area contributed by atoms with E-state index >= 15 is 0 Å². The lowest BCUT2D eigenvalue weighted by molar-refractivity contribution is 0.0639. The van der Waals surface area contributed by atoms with Crippen molar-refractivity contribution < 1.29 is 0 Å². The van der Waals surface area contributed by atoms with Crippen molar-refractivity contribution in [2.45, 2.75) is 51.5 Å². The van der Waals surface area contributed by atoms with Crippen molar-refractivity contribution >= 4 is 17.2 Å². The summed E-state index contributed by atoms with van der Waals surface area (Å²) >= 11 is 5.01. The molecule has 3 atom stereocenters. The van der Waals surface area contributed by atoms with Crippen LogP contribution in [0.5, 0.6) is 0 Å². The third kappa shape index (κ3) is 2.95. The van der Waals surface area contributed by atoms with E-state index in [4.69, 9.17) is 18.0 Å². The second-order valence-corrected chi connectivity index (χ2v) is 6.13. The van der Waals surface area contributed by atoms with Crippen LogP contribution in [0.1, 0.15) is 45.4 Å². The highest BCUT2D eigenvalue weighted by Crippen LogP contribution is 2.36. The fourth-order valence-corrected chi connectivity index (χ4v) is 3.69. The average molecular weight is 240 g/mol. The predicted molar refractivity (Wildman–Crippen MR) is 72.5 cm³/mol. The summed E-state index contributed by atoms with van der Waals surface area (Å²) in [4.78, 5) is 3.27. The van der Waals surface area contributed by atoms with Gasteiger partial charge >= 0.3 is 0 Å². The van der Waals surface area contributed by atoms with E-state index in [9.17, 15) is 0 Å². The van der Waals surface area contributed by atoms with Crippen LogP contribution in [0, 0.1) is 11.8 Å². The Labute approximate surface area is 105 Å². The zero-order valence-electron chi connectivity index (χ0n) is 10.3. The van der Waals surface area contributed by atoms with Crippen LogP contribution in [0.25, 0.3) is 0 Å². The number of hydrogen-bond donors (Lipinski definition) is 1. The maximum atomic E-state index is 5.64. The first-order valence-corrected chi connectivity index (χ1v) is 7.10. The fraction of sp³-hybridized carbons (Fsp3) is 0.923. The Morgan fingerprint density at radius 1 is 1.31 bits per heavy atom. The lowest BCUT2D eigenvalue weighted by Crippen LogP contribution is -2.46. The SMILES string of the molecule is CC(CC(N)=S)N1CCC2CCCCC2C1. The molecule has 1 saturated heterocycles. The molecule has 0 radical (unpaired) electrons. The Morgan fingerprint density at radius 3 is 2.69 bits per heavy atom. The monoisotopic (exact) mass is 240 g/mol. The summed E-state index contributed by atoms with van der Waals surface area (Å²) in [6.45, 7) is 4.81. The number of rotatable bonds is 3. The van der Waals surface area contributed by atoms with Crippen LogP contribution < -0.4 is 5.73 Å². The summed E-state index contributed by atoms with van der Waals surface area (Å²) in [5, 5.41) is 0. The Hall–Kier alpha value is -0.150. The Morgan fingerprint density at radius 2 is 2.00 bits per heavy atom. The first-order chi connectivity index (χ1) is 7.66. The minimum atomic E-state index is 0.542. The van der Waals surface area contributed by atoms with E-state index in [1.54, 1.807) is 0 Å². The van der Waals surface area contributed by atoms with Gasteiger partial charge < -0.3 is 5.73 Å². The van der Waals surface area contributed by atoms with Crippen LogP contribution in [-0.2, 0) is 0 Å². The standard InChI is InChI=1S/C13H24N2S/c1-10(8-13(14)16)15-7-6-11-4-2-3-5-12(11)9-15/h10-12H,2-9H2,1H3,(H2,14,16). The first-order valence-electron chi connectivity index (χ1n) is 6.69. The Bertz CT molecular complexity index is 254. The molecule has 1 aliphatic heterocycles. The number of piperidine rings is 1. The molecule has 2 nitrogen and oxygen atoms in total. The molecule has 2 N–H and O–H groups in total. The highest BCUT2D eigenvalue weighted by Gasteiger charge is 2.32. The van der Waals surface area contributed by atoms with Crippen molar-refractivity contribution in [3.8, 4) is 0 Å². The molecule has 3 heteroatoms. The summed E-state index contributed by atoms with van der Waals surface area (Å²) in [5.41, 5.74) is 5.64. The van der Waals surface area contributed by atoms with Gasteiger partial charge in [-0.1, -0.05) is 31.5 Å². The maximum Gasteiger partial charge on any atom is 0.0742 e. The van der Waals surface area contributed by atoms with Gasteiger partial charge in [-0.05, 0) is 38.1 Å². The van der Waals surface area contributed by atoms with Crippen LogP contribution in [0.15, 0.2) is 0 Å². The molecule has 1 saturated carbocycles. The highest BCUT2D eigenvalue weighted by molar-refractivity contribution is 7.80. The highest BCUT2D eigenvalue weighted by atomic mass is 32.1. The molecule has 2 rings (SSSR count). The molecule has 3 unspecified atom stereocenters. The predicted octanol–water partition coefficient (Wildman–Crippen LogP) is 2.56. The quantitative estimate of drug-likeness (QED) is 0.769. The number of nitrogens with two attached hydrogens (primary N) is 1. The van der Waals surface area contributed by atoms with Crippen molar-refractivity contribution in [1.29, 1.82) is 0 Å². The van der Waals surface area contributed by atoms with Crippen molar-refractivity contribution in [1.82, 2.24) is 4.90 Å². The van der Waals surface area contributed by atoms with Crippen LogP contribution in [-0.4, -0.2) is 29.0 Å². The zero-order valence-corrected chi connectivity index (χ0v) is 11.1. The first kappa shape index (κ1) is 12.3. The molecule has 1 heterocycles. The second kappa shape index (κ2) is 5.46. The normalized spacial score (nSPS) is 33.1. The van der Waals surface area contributed by atoms with Crippen LogP contribution >= 0.6 is 12.2 Å². The fourth-order valence-electron chi connectivity index (χ4n) is 3.45. The van der Waals surface area contributed by atoms with E-state index in [0.717, 1.165) is 18.3 Å². The molecule has 0 aromatic carbocycles. The third-order valence-electron chi connectivity index (χ3n) is 4.44. The third-order valence-corrected chi connectivity index (χ3v) is 4.61. The van der Waals surface area contributed by atoms with E-state index in [1.807, 2.05) is 0 Å². The van der Waals surface area contributed by atoms with E-state index in [-0.39, 0.29) is 0 Å². The summed E-state index contributed by atoms with van der Waals surface area (Å²) in [6.07, 6.45) is 8.10. The molecule has 92 valence electrons. The number of hydrogen-bond acceptors (Lipinski definition) is 2. The average Bonchev–Trinajstić information content (AvgIpc) is 2.27. The molecule has 0 aromatic rings. The van der Waals surface area contributed by atoms with Gasteiger partial charge in [-0.3, -0.25) is 4.90 Å². The van der Waals surface area contributed by atoms with Gasteiger partial charge in [0.2, 0.25) is 0 Å². The van der Waals surface area contributed by atoms with Crippen molar-refractivity contribution in [2.75, 3.05) is 13.1 Å². The molecular weight excluding hydrogens is 216 g/mol. The minimum Gasteiger partial charge on any atom is -0.393 e. The summed E-state index contributed by atoms with van der Waals surface area (Å²) in [5.74, 6) is 1.97. The van der Waals surface area contributed by atoms with Gasteiger partial charge in [-0.2, -0.15) is 0 Å². The number of likely N-dealkylation sites (tertiary alicyclic amines) is 1. The van der Waals surface area contributed by atoms with Gasteiger partial charge in [0.05, 0.1) is 4.99 Å². The van der Waals surface area contributed by atoms with Gasteiger partial charge in [0.25, 0.3) is 0 Å². The van der Waals surface area contributed by atoms with Gasteiger partial charge in [-0.15, -0.1) is 0 Å². The largest absolute Gasteiger partial charge is 0.393 e.